The number of carbonyl (C=O) groups is 3. The van der Waals surface area contributed by atoms with E-state index in [1.54, 1.807) is 6.92 Å². The summed E-state index contributed by atoms with van der Waals surface area (Å²) in [5.41, 5.74) is -0.544. The third kappa shape index (κ3) is 4.35. The van der Waals surface area contributed by atoms with Gasteiger partial charge >= 0.3 is 17.9 Å². The molecule has 2 bridgehead atoms. The summed E-state index contributed by atoms with van der Waals surface area (Å²) in [5, 5.41) is 11.2. The topological polar surface area (TPSA) is 108 Å². The van der Waals surface area contributed by atoms with Gasteiger partial charge in [-0.15, -0.1) is 0 Å². The van der Waals surface area contributed by atoms with Gasteiger partial charge in [0.05, 0.1) is 6.61 Å². The number of hydrogen-bond acceptors (Lipinski definition) is 8. The molecular formula is C25H33Cl3O8. The van der Waals surface area contributed by atoms with Crippen LogP contribution in [-0.2, 0) is 33.3 Å². The van der Waals surface area contributed by atoms with E-state index < -0.39 is 45.1 Å². The van der Waals surface area contributed by atoms with Crippen molar-refractivity contribution >= 4 is 52.7 Å². The minimum absolute atomic E-state index is 0.0176. The maximum Gasteiger partial charge on any atom is 0.318 e. The van der Waals surface area contributed by atoms with Gasteiger partial charge in [-0.2, -0.15) is 0 Å². The Morgan fingerprint density at radius 3 is 2.39 bits per heavy atom. The Balaban J connectivity index is 0.000000709. The van der Waals surface area contributed by atoms with Gasteiger partial charge in [0, 0.05) is 37.0 Å². The lowest BCUT2D eigenvalue weighted by Crippen LogP contribution is -2.71. The first kappa shape index (κ1) is 28.0. The zero-order valence-electron chi connectivity index (χ0n) is 20.9. The van der Waals surface area contributed by atoms with Gasteiger partial charge in [-0.1, -0.05) is 47.3 Å². The summed E-state index contributed by atoms with van der Waals surface area (Å²) in [5.74, 6) is -2.58. The molecule has 0 aromatic carbocycles. The average Bonchev–Trinajstić information content (AvgIpc) is 3.04. The number of alkyl halides is 3. The fourth-order valence-corrected chi connectivity index (χ4v) is 7.58. The van der Waals surface area contributed by atoms with Gasteiger partial charge in [0.2, 0.25) is 0 Å². The van der Waals surface area contributed by atoms with Crippen molar-refractivity contribution in [3.63, 3.8) is 0 Å². The number of esters is 3. The number of fused-ring (bicyclic) bond motifs is 3. The van der Waals surface area contributed by atoms with Gasteiger partial charge in [0.15, 0.2) is 10.1 Å². The molecule has 0 aromatic heterocycles. The molecule has 3 saturated heterocycles. The summed E-state index contributed by atoms with van der Waals surface area (Å²) >= 11 is 14.4. The highest BCUT2D eigenvalue weighted by Crippen LogP contribution is 2.72. The van der Waals surface area contributed by atoms with Crippen LogP contribution in [0, 0.1) is 28.1 Å². The van der Waals surface area contributed by atoms with Crippen LogP contribution in [-0.4, -0.2) is 58.5 Å². The third-order valence-corrected chi connectivity index (χ3v) is 9.21. The number of carbonyl (C=O) groups excluding carboxylic acids is 3. The van der Waals surface area contributed by atoms with Crippen LogP contribution in [0.5, 0.6) is 0 Å². The van der Waals surface area contributed by atoms with Crippen LogP contribution in [0.1, 0.15) is 59.8 Å². The van der Waals surface area contributed by atoms with Crippen molar-refractivity contribution < 1.29 is 38.4 Å². The molecular weight excluding hydrogens is 535 g/mol. The molecule has 1 N–H and O–H groups in total. The molecule has 3 aliphatic heterocycles. The molecule has 3 heterocycles. The number of allylic oxidation sites excluding steroid dienone is 1. The van der Waals surface area contributed by atoms with Crippen LogP contribution in [0.25, 0.3) is 0 Å². The SMILES string of the molecule is CC(=O)OC[C@H](OC(C)=O)[C@]1(C)CC[C@@H]2C(=C[C@H]3OC(=O)[C@]4(C)[C@H]3[C@]23CC[C@]4(O)OC3)C1.ClC(Cl)Cl. The first-order chi connectivity index (χ1) is 16.7. The maximum absolute atomic E-state index is 13.0. The van der Waals surface area contributed by atoms with Crippen LogP contribution in [0.15, 0.2) is 11.6 Å². The van der Waals surface area contributed by atoms with E-state index in [1.807, 2.05) is 0 Å². The summed E-state index contributed by atoms with van der Waals surface area (Å²) in [6.07, 6.45) is 4.61. The molecule has 8 nitrogen and oxygen atoms in total. The van der Waals surface area contributed by atoms with E-state index in [2.05, 4.69) is 13.0 Å². The van der Waals surface area contributed by atoms with Crippen molar-refractivity contribution in [2.24, 2.45) is 28.1 Å². The minimum Gasteiger partial charge on any atom is -0.462 e. The van der Waals surface area contributed by atoms with Crippen LogP contribution in [0.4, 0.5) is 0 Å². The lowest BCUT2D eigenvalue weighted by atomic mass is 9.42. The molecule has 0 aromatic rings. The Labute approximate surface area is 225 Å². The highest BCUT2D eigenvalue weighted by molar-refractivity contribution is 6.63. The fraction of sp³-hybridized carbons (Fsp3) is 0.800. The highest BCUT2D eigenvalue weighted by atomic mass is 35.6. The van der Waals surface area contributed by atoms with E-state index >= 15 is 0 Å². The Hall–Kier alpha value is -1.06. The van der Waals surface area contributed by atoms with E-state index in [4.69, 9.17) is 53.8 Å². The van der Waals surface area contributed by atoms with Gasteiger partial charge in [0.1, 0.15) is 24.2 Å². The summed E-state index contributed by atoms with van der Waals surface area (Å²) in [7, 11) is 0. The van der Waals surface area contributed by atoms with Crippen LogP contribution in [0.3, 0.4) is 0 Å². The van der Waals surface area contributed by atoms with Crippen molar-refractivity contribution in [1.29, 1.82) is 0 Å². The summed E-state index contributed by atoms with van der Waals surface area (Å²) in [4.78, 5) is 36.2. The van der Waals surface area contributed by atoms with Crippen molar-refractivity contribution in [1.82, 2.24) is 0 Å². The van der Waals surface area contributed by atoms with Gasteiger partial charge < -0.3 is 24.1 Å². The number of aliphatic hydroxyl groups is 1. The van der Waals surface area contributed by atoms with E-state index in [9.17, 15) is 19.5 Å². The second-order valence-electron chi connectivity index (χ2n) is 11.2. The first-order valence-corrected chi connectivity index (χ1v) is 13.5. The molecule has 0 radical (unpaired) electrons. The van der Waals surface area contributed by atoms with Gasteiger partial charge in [-0.25, -0.2) is 0 Å². The summed E-state index contributed by atoms with van der Waals surface area (Å²) < 4.78 is 21.9. The molecule has 202 valence electrons. The lowest BCUT2D eigenvalue weighted by Gasteiger charge is -2.66. The zero-order chi connectivity index (χ0) is 26.7. The molecule has 3 aliphatic carbocycles. The molecule has 0 unspecified atom stereocenters. The van der Waals surface area contributed by atoms with E-state index in [1.165, 1.54) is 19.4 Å². The van der Waals surface area contributed by atoms with Crippen molar-refractivity contribution in [3.8, 4) is 0 Å². The largest absolute Gasteiger partial charge is 0.462 e. The van der Waals surface area contributed by atoms with Crippen LogP contribution >= 0.6 is 34.8 Å². The zero-order valence-corrected chi connectivity index (χ0v) is 23.1. The van der Waals surface area contributed by atoms with Gasteiger partial charge in [-0.05, 0) is 44.6 Å². The van der Waals surface area contributed by atoms with Crippen molar-refractivity contribution in [2.75, 3.05) is 13.2 Å². The van der Waals surface area contributed by atoms with Crippen LogP contribution in [0.2, 0.25) is 0 Å². The number of halogens is 3. The Morgan fingerprint density at radius 2 is 1.83 bits per heavy atom. The molecule has 2 saturated carbocycles. The Bertz CT molecular complexity index is 956. The van der Waals surface area contributed by atoms with E-state index in [0.29, 0.717) is 19.4 Å². The predicted molar refractivity (Wildman–Crippen MR) is 131 cm³/mol. The Morgan fingerprint density at radius 1 is 1.17 bits per heavy atom. The van der Waals surface area contributed by atoms with E-state index in [-0.39, 0.29) is 29.8 Å². The average molecular weight is 568 g/mol. The molecule has 6 aliphatic rings. The van der Waals surface area contributed by atoms with Crippen LogP contribution < -0.4 is 0 Å². The van der Waals surface area contributed by atoms with Crippen molar-refractivity contribution in [2.45, 2.75) is 82.1 Å². The Kier molecular flexibility index (Phi) is 7.46. The van der Waals surface area contributed by atoms with Gasteiger partial charge in [-0.3, -0.25) is 14.4 Å². The minimum atomic E-state index is -1.47. The second-order valence-corrected chi connectivity index (χ2v) is 13.1. The molecule has 8 atom stereocenters. The molecule has 0 amide bonds. The number of rotatable bonds is 4. The normalized spacial score (nSPS) is 42.8. The molecule has 36 heavy (non-hydrogen) atoms. The maximum atomic E-state index is 13.0. The third-order valence-electron chi connectivity index (χ3n) is 9.21. The predicted octanol–water partition coefficient (Wildman–Crippen LogP) is 4.26. The molecule has 6 rings (SSSR count). The van der Waals surface area contributed by atoms with E-state index in [0.717, 1.165) is 19.3 Å². The van der Waals surface area contributed by atoms with Crippen molar-refractivity contribution in [3.05, 3.63) is 11.6 Å². The smallest absolute Gasteiger partial charge is 0.318 e. The second kappa shape index (κ2) is 9.60. The molecule has 11 heteroatoms. The fourth-order valence-electron chi connectivity index (χ4n) is 7.58. The summed E-state index contributed by atoms with van der Waals surface area (Å²) in [6.45, 7) is 6.99. The number of hydrogen-bond donors (Lipinski definition) is 1. The monoisotopic (exact) mass is 566 g/mol. The van der Waals surface area contributed by atoms with Gasteiger partial charge in [0.25, 0.3) is 0 Å². The first-order valence-electron chi connectivity index (χ1n) is 12.2. The summed E-state index contributed by atoms with van der Waals surface area (Å²) in [6, 6.07) is 0. The molecule has 1 spiro atoms. The molecule has 5 fully saturated rings. The lowest BCUT2D eigenvalue weighted by molar-refractivity contribution is -0.367. The highest BCUT2D eigenvalue weighted by Gasteiger charge is 2.78. The number of ether oxygens (including phenoxy) is 4. The quantitative estimate of drug-likeness (QED) is 0.232. The standard InChI is InChI=1S/C24H32O8.CHCl3/c1-13(25)29-11-18(31-14(2)26)21(3)6-5-16-15(10-21)9-17-19-22(4,20(27)32-17)24(28)8-7-23(16,19)12-30-24;2-1(3)4/h9,16-19,28H,5-8,10-12H2,1-4H3;1H/t16-,17-,18+,19+,21-,22+,23+,24+;/m1./s1.